The summed E-state index contributed by atoms with van der Waals surface area (Å²) in [5.41, 5.74) is 2.33. The molecule has 0 aliphatic rings. The van der Waals surface area contributed by atoms with E-state index in [1.54, 1.807) is 24.1 Å². The Morgan fingerprint density at radius 2 is 2.04 bits per heavy atom. The lowest BCUT2D eigenvalue weighted by Crippen LogP contribution is -2.19. The zero-order chi connectivity index (χ0) is 17.4. The van der Waals surface area contributed by atoms with Gasteiger partial charge in [-0.1, -0.05) is 12.1 Å². The number of urea groups is 1. The van der Waals surface area contributed by atoms with E-state index in [0.29, 0.717) is 31.2 Å². The number of nitrogens with one attached hydrogen (secondary N) is 2. The molecule has 0 unspecified atom stereocenters. The Bertz CT molecular complexity index is 655. The maximum Gasteiger partial charge on any atom is 0.323 e. The highest BCUT2D eigenvalue weighted by Gasteiger charge is 2.05. The molecule has 0 aliphatic heterocycles. The van der Waals surface area contributed by atoms with Crippen LogP contribution >= 0.6 is 0 Å². The third-order valence-electron chi connectivity index (χ3n) is 3.10. The molecular weight excluding hydrogens is 308 g/mol. The number of nitrogens with zero attached hydrogens (tertiary/aromatic N) is 2. The normalized spacial score (nSPS) is 10.8. The lowest BCUT2D eigenvalue weighted by Gasteiger charge is -2.10. The molecule has 0 bridgehead atoms. The Hall–Kier alpha value is -2.38. The van der Waals surface area contributed by atoms with Gasteiger partial charge in [-0.25, -0.2) is 4.79 Å². The van der Waals surface area contributed by atoms with Gasteiger partial charge in [-0.3, -0.25) is 4.68 Å². The number of rotatable bonds is 8. The van der Waals surface area contributed by atoms with Crippen molar-refractivity contribution in [2.24, 2.45) is 7.05 Å². The summed E-state index contributed by atoms with van der Waals surface area (Å²) in [6.07, 6.45) is 3.52. The highest BCUT2D eigenvalue weighted by molar-refractivity contribution is 5.99. The molecule has 0 saturated carbocycles. The topological polar surface area (TPSA) is 77.4 Å². The predicted octanol–water partition coefficient (Wildman–Crippen LogP) is 3.01. The van der Waals surface area contributed by atoms with Crippen molar-refractivity contribution in [3.05, 3.63) is 42.2 Å². The zero-order valence-corrected chi connectivity index (χ0v) is 14.3. The van der Waals surface area contributed by atoms with Crippen molar-refractivity contribution in [1.82, 2.24) is 9.78 Å². The van der Waals surface area contributed by atoms with E-state index in [0.717, 1.165) is 5.56 Å². The van der Waals surface area contributed by atoms with Gasteiger partial charge >= 0.3 is 6.03 Å². The number of amides is 2. The van der Waals surface area contributed by atoms with E-state index in [1.807, 2.05) is 38.1 Å². The fraction of sp³-hybridized carbons (Fsp3) is 0.412. The van der Waals surface area contributed by atoms with E-state index in [9.17, 15) is 4.79 Å². The summed E-state index contributed by atoms with van der Waals surface area (Å²) in [6, 6.07) is 7.22. The Balaban J connectivity index is 1.78. The monoisotopic (exact) mass is 332 g/mol. The third kappa shape index (κ3) is 6.39. The van der Waals surface area contributed by atoms with Crippen LogP contribution in [-0.2, 0) is 23.1 Å². The largest absolute Gasteiger partial charge is 0.376 e. The second-order valence-corrected chi connectivity index (χ2v) is 5.65. The molecule has 0 spiro atoms. The van der Waals surface area contributed by atoms with Gasteiger partial charge in [-0.2, -0.15) is 5.10 Å². The molecule has 7 heteroatoms. The summed E-state index contributed by atoms with van der Waals surface area (Å²) in [4.78, 5) is 12.0. The summed E-state index contributed by atoms with van der Waals surface area (Å²) in [7, 11) is 1.79. The quantitative estimate of drug-likeness (QED) is 0.729. The van der Waals surface area contributed by atoms with Crippen LogP contribution in [0, 0.1) is 0 Å². The van der Waals surface area contributed by atoms with Crippen LogP contribution < -0.4 is 10.6 Å². The van der Waals surface area contributed by atoms with Gasteiger partial charge < -0.3 is 20.1 Å². The molecule has 130 valence electrons. The molecule has 0 atom stereocenters. The first kappa shape index (κ1) is 18.0. The van der Waals surface area contributed by atoms with Crippen LogP contribution in [0.15, 0.2) is 36.7 Å². The van der Waals surface area contributed by atoms with Crippen molar-refractivity contribution in [3.63, 3.8) is 0 Å². The fourth-order valence-electron chi connectivity index (χ4n) is 2.05. The maximum absolute atomic E-state index is 12.0. The van der Waals surface area contributed by atoms with E-state index in [2.05, 4.69) is 15.7 Å². The average molecular weight is 332 g/mol. The standard InChI is InChI=1S/C17H24N4O3/c1-13(2)24-8-7-23-12-14-5-4-6-15(9-14)19-17(22)20-16-10-18-21(3)11-16/h4-6,9-11,13H,7-8,12H2,1-3H3,(H2,19,20,22). The van der Waals surface area contributed by atoms with Gasteiger partial charge in [0, 0.05) is 18.9 Å². The second kappa shape index (κ2) is 9.05. The molecule has 2 amide bonds. The Morgan fingerprint density at radius 3 is 2.75 bits per heavy atom. The third-order valence-corrected chi connectivity index (χ3v) is 3.10. The van der Waals surface area contributed by atoms with Crippen molar-refractivity contribution in [3.8, 4) is 0 Å². The van der Waals surface area contributed by atoms with Gasteiger partial charge in [-0.15, -0.1) is 0 Å². The number of hydrogen-bond acceptors (Lipinski definition) is 4. The fourth-order valence-corrected chi connectivity index (χ4v) is 2.05. The van der Waals surface area contributed by atoms with Crippen LogP contribution in [0.5, 0.6) is 0 Å². The highest BCUT2D eigenvalue weighted by Crippen LogP contribution is 2.12. The number of aryl methyl sites for hydroxylation is 1. The Morgan fingerprint density at radius 1 is 1.25 bits per heavy atom. The molecule has 24 heavy (non-hydrogen) atoms. The highest BCUT2D eigenvalue weighted by atomic mass is 16.5. The summed E-state index contributed by atoms with van der Waals surface area (Å²) < 4.78 is 12.6. The van der Waals surface area contributed by atoms with Crippen LogP contribution in [0.3, 0.4) is 0 Å². The Kier molecular flexibility index (Phi) is 6.77. The summed E-state index contributed by atoms with van der Waals surface area (Å²) >= 11 is 0. The molecule has 1 aromatic heterocycles. The number of aromatic nitrogens is 2. The van der Waals surface area contributed by atoms with Gasteiger partial charge in [0.2, 0.25) is 0 Å². The first-order valence-corrected chi connectivity index (χ1v) is 7.88. The number of ether oxygens (including phenoxy) is 2. The maximum atomic E-state index is 12.0. The number of hydrogen-bond donors (Lipinski definition) is 2. The summed E-state index contributed by atoms with van der Waals surface area (Å²) in [5.74, 6) is 0. The molecule has 2 rings (SSSR count). The van der Waals surface area contributed by atoms with E-state index in [-0.39, 0.29) is 12.1 Å². The lowest BCUT2D eigenvalue weighted by atomic mass is 10.2. The molecule has 1 heterocycles. The molecule has 2 aromatic rings. The molecular formula is C17H24N4O3. The van der Waals surface area contributed by atoms with Gasteiger partial charge in [0.25, 0.3) is 0 Å². The van der Waals surface area contributed by atoms with Gasteiger partial charge in [0.15, 0.2) is 0 Å². The minimum absolute atomic E-state index is 0.208. The Labute approximate surface area is 142 Å². The zero-order valence-electron chi connectivity index (χ0n) is 14.3. The molecule has 7 nitrogen and oxygen atoms in total. The number of benzene rings is 1. The van der Waals surface area contributed by atoms with E-state index in [4.69, 9.17) is 9.47 Å². The van der Waals surface area contributed by atoms with Crippen molar-refractivity contribution in [2.45, 2.75) is 26.6 Å². The van der Waals surface area contributed by atoms with Gasteiger partial charge in [0.05, 0.1) is 37.8 Å². The lowest BCUT2D eigenvalue weighted by molar-refractivity contribution is 0.0143. The van der Waals surface area contributed by atoms with E-state index in [1.165, 1.54) is 0 Å². The first-order chi connectivity index (χ1) is 11.5. The van der Waals surface area contributed by atoms with Crippen LogP contribution in [-0.4, -0.2) is 35.1 Å². The van der Waals surface area contributed by atoms with Gasteiger partial charge in [0.1, 0.15) is 0 Å². The molecule has 0 radical (unpaired) electrons. The van der Waals surface area contributed by atoms with Gasteiger partial charge in [-0.05, 0) is 31.5 Å². The average Bonchev–Trinajstić information content (AvgIpc) is 2.92. The molecule has 2 N–H and O–H groups in total. The van der Waals surface area contributed by atoms with Crippen molar-refractivity contribution in [2.75, 3.05) is 23.8 Å². The molecule has 0 fully saturated rings. The first-order valence-electron chi connectivity index (χ1n) is 7.88. The molecule has 1 aromatic carbocycles. The number of anilines is 2. The minimum Gasteiger partial charge on any atom is -0.376 e. The second-order valence-electron chi connectivity index (χ2n) is 5.65. The van der Waals surface area contributed by atoms with E-state index < -0.39 is 0 Å². The van der Waals surface area contributed by atoms with Crippen LogP contribution in [0.2, 0.25) is 0 Å². The van der Waals surface area contributed by atoms with Crippen LogP contribution in [0.25, 0.3) is 0 Å². The predicted molar refractivity (Wildman–Crippen MR) is 93.0 cm³/mol. The van der Waals surface area contributed by atoms with Crippen molar-refractivity contribution >= 4 is 17.4 Å². The van der Waals surface area contributed by atoms with E-state index >= 15 is 0 Å². The van der Waals surface area contributed by atoms with Crippen LogP contribution in [0.4, 0.5) is 16.2 Å². The molecule has 0 saturated heterocycles. The smallest absolute Gasteiger partial charge is 0.323 e. The van der Waals surface area contributed by atoms with Crippen molar-refractivity contribution < 1.29 is 14.3 Å². The summed E-state index contributed by atoms with van der Waals surface area (Å²) in [5, 5.41) is 9.51. The minimum atomic E-state index is -0.314. The molecule has 0 aliphatic carbocycles. The van der Waals surface area contributed by atoms with Crippen molar-refractivity contribution in [1.29, 1.82) is 0 Å². The SMILES string of the molecule is CC(C)OCCOCc1cccc(NC(=O)Nc2cnn(C)c2)c1. The summed E-state index contributed by atoms with van der Waals surface area (Å²) in [6.45, 7) is 5.57. The number of carbonyl (C=O) groups excluding carboxylic acids is 1. The van der Waals surface area contributed by atoms with Crippen LogP contribution in [0.1, 0.15) is 19.4 Å². The number of carbonyl (C=O) groups is 1.